The lowest BCUT2D eigenvalue weighted by Crippen LogP contribution is -2.51. The van der Waals surface area contributed by atoms with E-state index in [0.717, 1.165) is 0 Å². The van der Waals surface area contributed by atoms with E-state index >= 15 is 0 Å². The number of hydrogen-bond acceptors (Lipinski definition) is 4. The summed E-state index contributed by atoms with van der Waals surface area (Å²) in [5, 5.41) is 11.7. The second kappa shape index (κ2) is 4.81. The first-order valence-electron chi connectivity index (χ1n) is 5.10. The number of aliphatic hydroxyl groups is 1. The molecule has 5 heteroatoms. The van der Waals surface area contributed by atoms with E-state index in [0.29, 0.717) is 13.2 Å². The van der Waals surface area contributed by atoms with Crippen LogP contribution in [-0.2, 0) is 9.47 Å². The van der Waals surface area contributed by atoms with E-state index in [1.165, 1.54) is 0 Å². The predicted molar refractivity (Wildman–Crippen MR) is 54.6 cm³/mol. The lowest BCUT2D eigenvalue weighted by molar-refractivity contribution is -0.0587. The molecule has 2 N–H and O–H groups in total. The van der Waals surface area contributed by atoms with Gasteiger partial charge in [0.15, 0.2) is 0 Å². The highest BCUT2D eigenvalue weighted by Gasteiger charge is 2.30. The summed E-state index contributed by atoms with van der Waals surface area (Å²) in [6.45, 7) is 6.47. The number of nitrogens with one attached hydrogen (secondary N) is 1. The van der Waals surface area contributed by atoms with Crippen molar-refractivity contribution in [2.45, 2.75) is 32.4 Å². The average Bonchev–Trinajstić information content (AvgIpc) is 1.95. The number of carbonyl (C=O) groups excluding carboxylic acids is 1. The summed E-state index contributed by atoms with van der Waals surface area (Å²) in [4.78, 5) is 11.4. The predicted octanol–water partition coefficient (Wildman–Crippen LogP) is 0.518. The summed E-state index contributed by atoms with van der Waals surface area (Å²) in [6, 6.07) is -0.270. The number of ether oxygens (including phenoxy) is 2. The molecule has 1 aliphatic rings. The SMILES string of the molecule is CC(C)(C)OC(=O)N[C@H](CO)C1COC1. The Labute approximate surface area is 89.8 Å². The zero-order valence-corrected chi connectivity index (χ0v) is 9.45. The molecule has 0 saturated carbocycles. The van der Waals surface area contributed by atoms with Crippen molar-refractivity contribution in [3.05, 3.63) is 0 Å². The molecule has 0 unspecified atom stereocenters. The number of alkyl carbamates (subject to hydrolysis) is 1. The van der Waals surface area contributed by atoms with Crippen LogP contribution >= 0.6 is 0 Å². The average molecular weight is 217 g/mol. The molecule has 15 heavy (non-hydrogen) atoms. The molecular formula is C10H19NO4. The molecule has 0 aromatic carbocycles. The van der Waals surface area contributed by atoms with Gasteiger partial charge in [0.2, 0.25) is 0 Å². The van der Waals surface area contributed by atoms with E-state index in [2.05, 4.69) is 5.32 Å². The van der Waals surface area contributed by atoms with Gasteiger partial charge in [-0.3, -0.25) is 0 Å². The fourth-order valence-corrected chi connectivity index (χ4v) is 1.26. The molecule has 1 aliphatic heterocycles. The molecule has 1 saturated heterocycles. The molecule has 0 radical (unpaired) electrons. The van der Waals surface area contributed by atoms with Crippen LogP contribution in [0.1, 0.15) is 20.8 Å². The maximum Gasteiger partial charge on any atom is 0.407 e. The molecular weight excluding hydrogens is 198 g/mol. The number of carbonyl (C=O) groups is 1. The Kier molecular flexibility index (Phi) is 3.93. The third-order valence-electron chi connectivity index (χ3n) is 2.13. The van der Waals surface area contributed by atoms with E-state index in [1.807, 2.05) is 0 Å². The molecule has 0 aliphatic carbocycles. The molecule has 0 spiro atoms. The molecule has 5 nitrogen and oxygen atoms in total. The third-order valence-corrected chi connectivity index (χ3v) is 2.13. The summed E-state index contributed by atoms with van der Waals surface area (Å²) in [7, 11) is 0. The van der Waals surface area contributed by atoms with Crippen molar-refractivity contribution in [2.75, 3.05) is 19.8 Å². The van der Waals surface area contributed by atoms with Gasteiger partial charge >= 0.3 is 6.09 Å². The molecule has 0 aromatic heterocycles. The van der Waals surface area contributed by atoms with Crippen molar-refractivity contribution >= 4 is 6.09 Å². The van der Waals surface area contributed by atoms with Crippen molar-refractivity contribution in [2.24, 2.45) is 5.92 Å². The Balaban J connectivity index is 2.34. The molecule has 1 fully saturated rings. The molecule has 1 rings (SSSR count). The van der Waals surface area contributed by atoms with Gasteiger partial charge in [-0.1, -0.05) is 0 Å². The largest absolute Gasteiger partial charge is 0.444 e. The van der Waals surface area contributed by atoms with Gasteiger partial charge in [-0.05, 0) is 20.8 Å². The standard InChI is InChI=1S/C10H19NO4/c1-10(2,3)15-9(13)11-8(4-12)7-5-14-6-7/h7-8,12H,4-6H2,1-3H3,(H,11,13)/t8-/m1/s1. The molecule has 0 bridgehead atoms. The molecule has 0 aromatic rings. The van der Waals surface area contributed by atoms with Crippen LogP contribution in [0, 0.1) is 5.92 Å². The van der Waals surface area contributed by atoms with Crippen LogP contribution in [-0.4, -0.2) is 42.7 Å². The topological polar surface area (TPSA) is 67.8 Å². The monoisotopic (exact) mass is 217 g/mol. The summed E-state index contributed by atoms with van der Waals surface area (Å²) in [5.74, 6) is 0.197. The molecule has 1 heterocycles. The minimum absolute atomic E-state index is 0.0900. The minimum atomic E-state index is -0.514. The normalized spacial score (nSPS) is 19.2. The van der Waals surface area contributed by atoms with Gasteiger partial charge in [0.25, 0.3) is 0 Å². The van der Waals surface area contributed by atoms with Crippen molar-refractivity contribution in [1.82, 2.24) is 5.32 Å². The second-order valence-corrected chi connectivity index (χ2v) is 4.73. The Bertz CT molecular complexity index is 220. The Morgan fingerprint density at radius 3 is 2.53 bits per heavy atom. The molecule has 1 atom stereocenters. The van der Waals surface area contributed by atoms with Gasteiger partial charge in [0.05, 0.1) is 25.9 Å². The first kappa shape index (κ1) is 12.3. The quantitative estimate of drug-likeness (QED) is 0.723. The number of aliphatic hydroxyl groups excluding tert-OH is 1. The third kappa shape index (κ3) is 4.05. The molecule has 1 amide bonds. The van der Waals surface area contributed by atoms with Crippen molar-refractivity contribution < 1.29 is 19.4 Å². The lowest BCUT2D eigenvalue weighted by atomic mass is 9.99. The van der Waals surface area contributed by atoms with Crippen LogP contribution in [0.3, 0.4) is 0 Å². The van der Waals surface area contributed by atoms with Gasteiger partial charge in [-0.25, -0.2) is 4.79 Å². The maximum atomic E-state index is 11.4. The van der Waals surface area contributed by atoms with Crippen molar-refractivity contribution in [1.29, 1.82) is 0 Å². The highest BCUT2D eigenvalue weighted by Crippen LogP contribution is 2.15. The van der Waals surface area contributed by atoms with Crippen LogP contribution < -0.4 is 5.32 Å². The van der Waals surface area contributed by atoms with Gasteiger partial charge < -0.3 is 19.9 Å². The smallest absolute Gasteiger partial charge is 0.407 e. The van der Waals surface area contributed by atoms with E-state index in [4.69, 9.17) is 14.6 Å². The fraction of sp³-hybridized carbons (Fsp3) is 0.900. The number of amides is 1. The number of hydrogen-bond donors (Lipinski definition) is 2. The van der Waals surface area contributed by atoms with Gasteiger partial charge in [0, 0.05) is 5.92 Å². The lowest BCUT2D eigenvalue weighted by Gasteiger charge is -2.33. The van der Waals surface area contributed by atoms with Crippen LogP contribution in [0.25, 0.3) is 0 Å². The second-order valence-electron chi connectivity index (χ2n) is 4.73. The van der Waals surface area contributed by atoms with Crippen LogP contribution in [0.2, 0.25) is 0 Å². The van der Waals surface area contributed by atoms with E-state index in [1.54, 1.807) is 20.8 Å². The zero-order chi connectivity index (χ0) is 11.5. The highest BCUT2D eigenvalue weighted by atomic mass is 16.6. The summed E-state index contributed by atoms with van der Waals surface area (Å²) in [6.07, 6.45) is -0.492. The van der Waals surface area contributed by atoms with Crippen LogP contribution in [0.15, 0.2) is 0 Å². The van der Waals surface area contributed by atoms with Crippen molar-refractivity contribution in [3.63, 3.8) is 0 Å². The van der Waals surface area contributed by atoms with E-state index < -0.39 is 11.7 Å². The number of rotatable bonds is 3. The first-order valence-corrected chi connectivity index (χ1v) is 5.10. The Morgan fingerprint density at radius 1 is 1.60 bits per heavy atom. The van der Waals surface area contributed by atoms with Gasteiger partial charge in [-0.2, -0.15) is 0 Å². The zero-order valence-electron chi connectivity index (χ0n) is 9.45. The maximum absolute atomic E-state index is 11.4. The van der Waals surface area contributed by atoms with Crippen LogP contribution in [0.4, 0.5) is 4.79 Å². The van der Waals surface area contributed by atoms with Gasteiger partial charge in [0.1, 0.15) is 5.60 Å². The Morgan fingerprint density at radius 2 is 2.20 bits per heavy atom. The van der Waals surface area contributed by atoms with E-state index in [9.17, 15) is 4.79 Å². The van der Waals surface area contributed by atoms with Crippen molar-refractivity contribution in [3.8, 4) is 0 Å². The van der Waals surface area contributed by atoms with Crippen LogP contribution in [0.5, 0.6) is 0 Å². The summed E-state index contributed by atoms with van der Waals surface area (Å²) in [5.41, 5.74) is -0.514. The Hall–Kier alpha value is -0.810. The fourth-order valence-electron chi connectivity index (χ4n) is 1.26. The first-order chi connectivity index (χ1) is 6.92. The summed E-state index contributed by atoms with van der Waals surface area (Å²) >= 11 is 0. The molecule has 88 valence electrons. The van der Waals surface area contributed by atoms with E-state index in [-0.39, 0.29) is 18.6 Å². The minimum Gasteiger partial charge on any atom is -0.444 e. The van der Waals surface area contributed by atoms with Gasteiger partial charge in [-0.15, -0.1) is 0 Å². The summed E-state index contributed by atoms with van der Waals surface area (Å²) < 4.78 is 10.1. The highest BCUT2D eigenvalue weighted by molar-refractivity contribution is 5.68.